The number of nitrogens with two attached hydrogens (primary N) is 1. The summed E-state index contributed by atoms with van der Waals surface area (Å²) in [4.78, 5) is 0. The van der Waals surface area contributed by atoms with Crippen LogP contribution in [-0.2, 0) is 10.2 Å². The van der Waals surface area contributed by atoms with Gasteiger partial charge in [-0.3, -0.25) is 9.71 Å². The van der Waals surface area contributed by atoms with Crippen molar-refractivity contribution in [3.05, 3.63) is 29.8 Å². The summed E-state index contributed by atoms with van der Waals surface area (Å²) in [6.45, 7) is -1.66. The Kier molecular flexibility index (Phi) is 4.61. The van der Waals surface area contributed by atoms with Gasteiger partial charge in [0.25, 0.3) is 0 Å². The summed E-state index contributed by atoms with van der Waals surface area (Å²) in [5.41, 5.74) is 5.61. The molecule has 1 aromatic rings. The fourth-order valence-corrected chi connectivity index (χ4v) is 2.21. The number of rotatable bonds is 5. The minimum atomic E-state index is -4.64. The molecule has 112 valence electrons. The van der Waals surface area contributed by atoms with Gasteiger partial charge in [-0.15, -0.1) is 0 Å². The lowest BCUT2D eigenvalue weighted by molar-refractivity contribution is -0.121. The average Bonchev–Trinajstić information content (AvgIpc) is 2.35. The number of nitrogens with one attached hydrogen (secondary N) is 2. The summed E-state index contributed by atoms with van der Waals surface area (Å²) in [5.74, 6) is -0.277. The van der Waals surface area contributed by atoms with E-state index in [0.29, 0.717) is 4.31 Å². The Balaban J connectivity index is 2.96. The van der Waals surface area contributed by atoms with Gasteiger partial charge in [-0.25, -0.2) is 0 Å². The van der Waals surface area contributed by atoms with E-state index in [1.165, 1.54) is 29.0 Å². The number of halogens is 3. The second kappa shape index (κ2) is 5.67. The molecule has 0 unspecified atom stereocenters. The van der Waals surface area contributed by atoms with Gasteiger partial charge in [-0.1, -0.05) is 12.1 Å². The summed E-state index contributed by atoms with van der Waals surface area (Å²) in [6, 6.07) is 5.59. The van der Waals surface area contributed by atoms with Crippen LogP contribution in [-0.4, -0.2) is 34.0 Å². The maximum atomic E-state index is 12.0. The van der Waals surface area contributed by atoms with E-state index in [2.05, 4.69) is 0 Å². The number of amidine groups is 1. The molecule has 0 amide bonds. The summed E-state index contributed by atoms with van der Waals surface area (Å²) >= 11 is 0. The van der Waals surface area contributed by atoms with E-state index in [-0.39, 0.29) is 17.1 Å². The molecule has 0 aliphatic heterocycles. The highest BCUT2D eigenvalue weighted by molar-refractivity contribution is 7.90. The monoisotopic (exact) mass is 310 g/mol. The molecule has 0 fully saturated rings. The molecular weight excluding hydrogens is 297 g/mol. The number of hydrogen-bond donors (Lipinski definition) is 3. The lowest BCUT2D eigenvalue weighted by Gasteiger charge is -2.20. The van der Waals surface area contributed by atoms with Gasteiger partial charge in [0.15, 0.2) is 0 Å². The molecule has 0 bridgehead atoms. The Hall–Kier alpha value is -1.81. The zero-order chi connectivity index (χ0) is 15.6. The van der Waals surface area contributed by atoms with Gasteiger partial charge in [-0.2, -0.15) is 26.3 Å². The fraction of sp³-hybridized carbons (Fsp3) is 0.300. The van der Waals surface area contributed by atoms with Gasteiger partial charge >= 0.3 is 16.4 Å². The van der Waals surface area contributed by atoms with E-state index in [1.807, 2.05) is 0 Å². The highest BCUT2D eigenvalue weighted by atomic mass is 32.2. The first-order valence-electron chi connectivity index (χ1n) is 5.27. The standard InChI is InChI=1S/C10H13F3N4O2S/c1-17(20(18,19)16-6-10(11,12)13)8-4-2-3-7(5-8)9(14)15/h2-5,16H,6H2,1H3,(H3,14,15). The quantitative estimate of drug-likeness (QED) is 0.554. The van der Waals surface area contributed by atoms with E-state index < -0.39 is 22.9 Å². The van der Waals surface area contributed by atoms with E-state index in [1.54, 1.807) is 0 Å². The minimum Gasteiger partial charge on any atom is -0.384 e. The lowest BCUT2D eigenvalue weighted by Crippen LogP contribution is -2.42. The van der Waals surface area contributed by atoms with Crippen LogP contribution in [0.5, 0.6) is 0 Å². The number of hydrogen-bond acceptors (Lipinski definition) is 3. The van der Waals surface area contributed by atoms with Crippen molar-refractivity contribution in [2.75, 3.05) is 17.9 Å². The predicted molar refractivity (Wildman–Crippen MR) is 68.8 cm³/mol. The van der Waals surface area contributed by atoms with Crippen LogP contribution < -0.4 is 14.8 Å². The SMILES string of the molecule is CN(c1cccc(C(=N)N)c1)S(=O)(=O)NCC(F)(F)F. The molecule has 10 heteroatoms. The number of benzene rings is 1. The molecule has 0 saturated heterocycles. The smallest absolute Gasteiger partial charge is 0.384 e. The summed E-state index contributed by atoms with van der Waals surface area (Å²) in [6.07, 6.45) is -4.64. The molecule has 4 N–H and O–H groups in total. The molecular formula is C10H13F3N4O2S. The van der Waals surface area contributed by atoms with Crippen molar-refractivity contribution in [2.24, 2.45) is 5.73 Å². The Labute approximate surface area is 114 Å². The number of alkyl halides is 3. The second-order valence-electron chi connectivity index (χ2n) is 3.87. The fourth-order valence-electron chi connectivity index (χ4n) is 1.28. The van der Waals surface area contributed by atoms with Gasteiger partial charge in [0, 0.05) is 12.6 Å². The van der Waals surface area contributed by atoms with E-state index >= 15 is 0 Å². The molecule has 1 rings (SSSR count). The van der Waals surface area contributed by atoms with Crippen LogP contribution >= 0.6 is 0 Å². The summed E-state index contributed by atoms with van der Waals surface area (Å²) in [5, 5.41) is 7.24. The lowest BCUT2D eigenvalue weighted by atomic mass is 10.2. The third-order valence-electron chi connectivity index (χ3n) is 2.34. The van der Waals surface area contributed by atoms with Crippen molar-refractivity contribution in [3.8, 4) is 0 Å². The Morgan fingerprint density at radius 3 is 2.55 bits per heavy atom. The first-order valence-corrected chi connectivity index (χ1v) is 6.72. The number of anilines is 1. The van der Waals surface area contributed by atoms with E-state index in [4.69, 9.17) is 11.1 Å². The van der Waals surface area contributed by atoms with E-state index in [0.717, 1.165) is 7.05 Å². The van der Waals surface area contributed by atoms with Crippen LogP contribution in [0.15, 0.2) is 24.3 Å². The van der Waals surface area contributed by atoms with Crippen molar-refractivity contribution < 1.29 is 21.6 Å². The third kappa shape index (κ3) is 4.38. The van der Waals surface area contributed by atoms with Crippen LogP contribution in [0.2, 0.25) is 0 Å². The minimum absolute atomic E-state index is 0.0902. The van der Waals surface area contributed by atoms with Crippen molar-refractivity contribution in [3.63, 3.8) is 0 Å². The van der Waals surface area contributed by atoms with Crippen molar-refractivity contribution in [2.45, 2.75) is 6.18 Å². The van der Waals surface area contributed by atoms with Gasteiger partial charge in [-0.05, 0) is 12.1 Å². The van der Waals surface area contributed by atoms with Crippen molar-refractivity contribution in [1.29, 1.82) is 5.41 Å². The maximum absolute atomic E-state index is 12.0. The molecule has 20 heavy (non-hydrogen) atoms. The van der Waals surface area contributed by atoms with Crippen LogP contribution in [0.3, 0.4) is 0 Å². The molecule has 0 aliphatic rings. The molecule has 1 aromatic carbocycles. The first kappa shape index (κ1) is 16.2. The molecule has 0 saturated carbocycles. The van der Waals surface area contributed by atoms with Gasteiger partial charge in [0.05, 0.1) is 5.69 Å². The molecule has 0 atom stereocenters. The molecule has 0 heterocycles. The molecule has 0 aliphatic carbocycles. The third-order valence-corrected chi connectivity index (χ3v) is 3.78. The average molecular weight is 310 g/mol. The Morgan fingerprint density at radius 2 is 2.05 bits per heavy atom. The highest BCUT2D eigenvalue weighted by Gasteiger charge is 2.31. The van der Waals surface area contributed by atoms with E-state index in [9.17, 15) is 21.6 Å². The molecule has 0 radical (unpaired) electrons. The van der Waals surface area contributed by atoms with Crippen molar-refractivity contribution in [1.82, 2.24) is 4.72 Å². The zero-order valence-electron chi connectivity index (χ0n) is 10.4. The topological polar surface area (TPSA) is 99.3 Å². The van der Waals surface area contributed by atoms with Crippen LogP contribution in [0.1, 0.15) is 5.56 Å². The summed E-state index contributed by atoms with van der Waals surface area (Å²) in [7, 11) is -3.24. The second-order valence-corrected chi connectivity index (χ2v) is 5.66. The number of nitrogens with zero attached hydrogens (tertiary/aromatic N) is 1. The highest BCUT2D eigenvalue weighted by Crippen LogP contribution is 2.18. The van der Waals surface area contributed by atoms with Gasteiger partial charge in [0.2, 0.25) is 0 Å². The zero-order valence-corrected chi connectivity index (χ0v) is 11.2. The Bertz CT molecular complexity index is 601. The molecule has 6 nitrogen and oxygen atoms in total. The predicted octanol–water partition coefficient (Wildman–Crippen LogP) is 0.804. The summed E-state index contributed by atoms with van der Waals surface area (Å²) < 4.78 is 61.6. The Morgan fingerprint density at radius 1 is 1.45 bits per heavy atom. The molecule has 0 aromatic heterocycles. The maximum Gasteiger partial charge on any atom is 0.402 e. The number of nitrogen functional groups attached to an aromatic ring is 1. The van der Waals surface area contributed by atoms with Crippen LogP contribution in [0, 0.1) is 5.41 Å². The normalized spacial score (nSPS) is 12.2. The molecule has 0 spiro atoms. The largest absolute Gasteiger partial charge is 0.402 e. The van der Waals surface area contributed by atoms with Crippen LogP contribution in [0.4, 0.5) is 18.9 Å². The first-order chi connectivity index (χ1) is 9.03. The van der Waals surface area contributed by atoms with Gasteiger partial charge < -0.3 is 5.73 Å². The van der Waals surface area contributed by atoms with Crippen LogP contribution in [0.25, 0.3) is 0 Å². The van der Waals surface area contributed by atoms with Crippen molar-refractivity contribution >= 4 is 21.7 Å². The van der Waals surface area contributed by atoms with Gasteiger partial charge in [0.1, 0.15) is 12.4 Å².